The van der Waals surface area contributed by atoms with E-state index in [4.69, 9.17) is 0 Å². The number of rotatable bonds is 11. The van der Waals surface area contributed by atoms with E-state index in [1.165, 1.54) is 26.8 Å². The molecule has 0 heterocycles. The Kier molecular flexibility index (Phi) is 8.76. The van der Waals surface area contributed by atoms with Gasteiger partial charge in [0.05, 0.1) is 36.1 Å². The van der Waals surface area contributed by atoms with Crippen molar-refractivity contribution in [1.29, 1.82) is 0 Å². The fourth-order valence-corrected chi connectivity index (χ4v) is 10.1. The van der Waals surface area contributed by atoms with Crippen molar-refractivity contribution >= 4 is 23.7 Å². The molecule has 0 aliphatic heterocycles. The van der Waals surface area contributed by atoms with Crippen molar-refractivity contribution in [3.63, 3.8) is 0 Å². The molecule has 46 heavy (non-hydrogen) atoms. The van der Waals surface area contributed by atoms with Crippen molar-refractivity contribution in [1.82, 2.24) is 0 Å². The van der Waals surface area contributed by atoms with Crippen molar-refractivity contribution in [2.45, 2.75) is 139 Å². The van der Waals surface area contributed by atoms with E-state index in [-0.39, 0.29) is 32.1 Å². The highest BCUT2D eigenvalue weighted by atomic mass is 16.4. The van der Waals surface area contributed by atoms with E-state index < -0.39 is 118 Å². The average Bonchev–Trinajstić information content (AvgIpc) is 3.15. The first-order chi connectivity index (χ1) is 20.7. The van der Waals surface area contributed by atoms with Crippen LogP contribution in [-0.4, -0.2) is 103 Å². The molecule has 4 rings (SSSR count). The van der Waals surface area contributed by atoms with Gasteiger partial charge in [0.1, 0.15) is 16.8 Å². The van der Waals surface area contributed by atoms with Crippen molar-refractivity contribution in [2.75, 3.05) is 0 Å². The van der Waals surface area contributed by atoms with Gasteiger partial charge in [0, 0.05) is 11.3 Å². The summed E-state index contributed by atoms with van der Waals surface area (Å²) in [6.45, 7) is 7.79. The zero-order valence-corrected chi connectivity index (χ0v) is 27.2. The Balaban J connectivity index is 1.77. The molecule has 0 radical (unpaired) electrons. The molecule has 13 heteroatoms. The normalized spacial score (nSPS) is 41.7. The second-order valence-electron chi connectivity index (χ2n) is 16.2. The lowest BCUT2D eigenvalue weighted by Gasteiger charge is -2.64. The zero-order valence-electron chi connectivity index (χ0n) is 27.2. The largest absolute Gasteiger partial charge is 0.481 e. The maximum absolute atomic E-state index is 13.8. The van der Waals surface area contributed by atoms with Crippen LogP contribution in [0.1, 0.15) is 105 Å². The van der Waals surface area contributed by atoms with Gasteiger partial charge in [-0.2, -0.15) is 0 Å². The number of carboxylic acids is 3. The molecule has 9 N–H and O–H groups in total. The molecule has 0 bridgehead atoms. The summed E-state index contributed by atoms with van der Waals surface area (Å²) in [6, 6.07) is 0. The molecule has 1 unspecified atom stereocenters. The third kappa shape index (κ3) is 5.50. The maximum atomic E-state index is 13.8. The lowest BCUT2D eigenvalue weighted by atomic mass is 9.42. The highest BCUT2D eigenvalue weighted by molar-refractivity contribution is 5.95. The van der Waals surface area contributed by atoms with Crippen LogP contribution in [-0.2, 0) is 19.2 Å². The van der Waals surface area contributed by atoms with Gasteiger partial charge in [0.15, 0.2) is 5.78 Å². The minimum absolute atomic E-state index is 0.0183. The fourth-order valence-electron chi connectivity index (χ4n) is 10.1. The number of ketones is 1. The molecule has 3 fully saturated rings. The molecule has 10 atom stereocenters. The highest BCUT2D eigenvalue weighted by Gasteiger charge is 2.72. The number of fused-ring (bicyclic) bond motifs is 5. The van der Waals surface area contributed by atoms with E-state index in [1.54, 1.807) is 13.8 Å². The summed E-state index contributed by atoms with van der Waals surface area (Å²) >= 11 is 0. The number of hydrogen-bond acceptors (Lipinski definition) is 10. The SMILES string of the molecule is CC(C)(O)CC[C@@](O)(CC(=O)O)[C@](C)(O)[C@H]1CCC2(O)C3=CC(=O)[C@@H]4C[C@@](O)(CC(=O)O)[C@@](O)(CC(=O)O)C[C@]4(C)[C@H]3CC[C@]12C. The zero-order chi connectivity index (χ0) is 35.1. The number of hydrogen-bond donors (Lipinski definition) is 9. The minimum Gasteiger partial charge on any atom is -0.481 e. The van der Waals surface area contributed by atoms with E-state index >= 15 is 0 Å². The molecule has 0 spiro atoms. The number of aliphatic carboxylic acids is 3. The quantitative estimate of drug-likeness (QED) is 0.153. The van der Waals surface area contributed by atoms with E-state index in [0.29, 0.717) is 12.0 Å². The summed E-state index contributed by atoms with van der Waals surface area (Å²) in [5.74, 6) is -7.19. The van der Waals surface area contributed by atoms with Crippen molar-refractivity contribution in [3.05, 3.63) is 11.6 Å². The average molecular weight is 655 g/mol. The van der Waals surface area contributed by atoms with Gasteiger partial charge >= 0.3 is 17.9 Å². The molecule has 4 aliphatic rings. The van der Waals surface area contributed by atoms with Crippen LogP contribution in [0.4, 0.5) is 0 Å². The predicted molar refractivity (Wildman–Crippen MR) is 160 cm³/mol. The number of carbonyl (C=O) groups is 4. The third-order valence-corrected chi connectivity index (χ3v) is 12.7. The number of allylic oxidation sites excluding steroid dienone is 1. The van der Waals surface area contributed by atoms with Crippen LogP contribution in [0.2, 0.25) is 0 Å². The van der Waals surface area contributed by atoms with Gasteiger partial charge in [-0.15, -0.1) is 0 Å². The molecule has 0 aromatic heterocycles. The first-order valence-electron chi connectivity index (χ1n) is 16.0. The summed E-state index contributed by atoms with van der Waals surface area (Å²) in [6.07, 6.45) is -1.84. The van der Waals surface area contributed by atoms with Crippen LogP contribution in [0.3, 0.4) is 0 Å². The number of carboxylic acid groups (broad SMARTS) is 3. The lowest BCUT2D eigenvalue weighted by Crippen LogP contribution is -2.69. The molecular formula is C33H50O13. The maximum Gasteiger partial charge on any atom is 0.306 e. The molecule has 3 saturated carbocycles. The molecule has 0 amide bonds. The fraction of sp³-hybridized carbons (Fsp3) is 0.818. The van der Waals surface area contributed by atoms with Gasteiger partial charge in [0.25, 0.3) is 0 Å². The van der Waals surface area contributed by atoms with E-state index in [1.807, 2.05) is 0 Å². The molecule has 0 aromatic rings. The van der Waals surface area contributed by atoms with Gasteiger partial charge < -0.3 is 46.0 Å². The van der Waals surface area contributed by atoms with Gasteiger partial charge in [-0.05, 0) is 101 Å². The first-order valence-corrected chi connectivity index (χ1v) is 16.0. The Hall–Kier alpha value is -2.42. The monoisotopic (exact) mass is 654 g/mol. The molecule has 0 aromatic carbocycles. The van der Waals surface area contributed by atoms with E-state index in [0.717, 1.165) is 0 Å². The van der Waals surface area contributed by atoms with Gasteiger partial charge in [-0.1, -0.05) is 13.8 Å². The topological polar surface area (TPSA) is 250 Å². The van der Waals surface area contributed by atoms with Gasteiger partial charge in [-0.3, -0.25) is 19.2 Å². The third-order valence-electron chi connectivity index (χ3n) is 12.7. The summed E-state index contributed by atoms with van der Waals surface area (Å²) in [5, 5.41) is 98.8. The molecule has 13 nitrogen and oxygen atoms in total. The van der Waals surface area contributed by atoms with Crippen LogP contribution in [0.25, 0.3) is 0 Å². The highest BCUT2D eigenvalue weighted by Crippen LogP contribution is 2.70. The van der Waals surface area contributed by atoms with Crippen LogP contribution in [0, 0.1) is 28.6 Å². The molecule has 4 aliphatic carbocycles. The standard InChI is InChI=1S/C33H50O13/c1-26(2,41)10-11-30(43,14-23(35)36)29(5,42)22-7-9-33(46)19-12-21(34)20-13-31(44,15-24(37)38)32(45,16-25(39)40)17-27(20,3)18(19)6-8-28(22,33)4/h12,18,20,22,41-46H,6-11,13-17H2,1-5H3,(H,35,36)(H,37,38)(H,39,40)/t18-,20-,22-,27+,28+,29+,30+,31+,32+,33?/m0/s1. The molecule has 0 saturated heterocycles. The molecule has 260 valence electrons. The van der Waals surface area contributed by atoms with Crippen LogP contribution in [0.15, 0.2) is 11.6 Å². The summed E-state index contributed by atoms with van der Waals surface area (Å²) in [4.78, 5) is 49.3. The first kappa shape index (κ1) is 36.4. The minimum atomic E-state index is -2.41. The molecular weight excluding hydrogens is 604 g/mol. The van der Waals surface area contributed by atoms with Crippen LogP contribution >= 0.6 is 0 Å². The Labute approximate surface area is 267 Å². The summed E-state index contributed by atoms with van der Waals surface area (Å²) in [5.41, 5.74) is -14.0. The van der Waals surface area contributed by atoms with E-state index in [9.17, 15) is 65.1 Å². The second kappa shape index (κ2) is 11.1. The number of aliphatic hydroxyl groups is 6. The van der Waals surface area contributed by atoms with Crippen molar-refractivity contribution in [3.8, 4) is 0 Å². The van der Waals surface area contributed by atoms with Gasteiger partial charge in [-0.25, -0.2) is 0 Å². The summed E-state index contributed by atoms with van der Waals surface area (Å²) < 4.78 is 0. The predicted octanol–water partition coefficient (Wildman–Crippen LogP) is 1.39. The van der Waals surface area contributed by atoms with Crippen molar-refractivity contribution < 1.29 is 65.1 Å². The Morgan fingerprint density at radius 2 is 1.39 bits per heavy atom. The Morgan fingerprint density at radius 1 is 0.826 bits per heavy atom. The second-order valence-corrected chi connectivity index (χ2v) is 16.2. The number of carbonyl (C=O) groups excluding carboxylic acids is 1. The van der Waals surface area contributed by atoms with Crippen LogP contribution in [0.5, 0.6) is 0 Å². The van der Waals surface area contributed by atoms with E-state index in [2.05, 4.69) is 0 Å². The van der Waals surface area contributed by atoms with Gasteiger partial charge in [0.2, 0.25) is 0 Å². The smallest absolute Gasteiger partial charge is 0.306 e. The van der Waals surface area contributed by atoms with Crippen LogP contribution < -0.4 is 0 Å². The Bertz CT molecular complexity index is 1330. The summed E-state index contributed by atoms with van der Waals surface area (Å²) in [7, 11) is 0. The Morgan fingerprint density at radius 3 is 1.91 bits per heavy atom. The lowest BCUT2D eigenvalue weighted by molar-refractivity contribution is -0.239. The van der Waals surface area contributed by atoms with Crippen molar-refractivity contribution in [2.24, 2.45) is 28.6 Å².